The van der Waals surface area contributed by atoms with Gasteiger partial charge in [-0.3, -0.25) is 4.79 Å². The van der Waals surface area contributed by atoms with Gasteiger partial charge in [-0.2, -0.15) is 0 Å². The first-order valence-corrected chi connectivity index (χ1v) is 8.61. The molecule has 1 aromatic rings. The maximum atomic E-state index is 11.2. The highest BCUT2D eigenvalue weighted by atomic mass is 127. The molecule has 6 nitrogen and oxygen atoms in total. The molecule has 0 saturated carbocycles. The Kier molecular flexibility index (Phi) is 9.62. The van der Waals surface area contributed by atoms with E-state index in [1.807, 2.05) is 45.0 Å². The van der Waals surface area contributed by atoms with Crippen molar-refractivity contribution >= 4 is 35.8 Å². The minimum atomic E-state index is -0.0201. The first kappa shape index (κ1) is 21.5. The number of piperidine rings is 1. The molecule has 0 bridgehead atoms. The van der Waals surface area contributed by atoms with Crippen molar-refractivity contribution in [3.63, 3.8) is 0 Å². The maximum absolute atomic E-state index is 11.2. The van der Waals surface area contributed by atoms with Gasteiger partial charge in [0.2, 0.25) is 5.91 Å². The fourth-order valence-electron chi connectivity index (χ4n) is 2.55. The highest BCUT2D eigenvalue weighted by Crippen LogP contribution is 2.14. The van der Waals surface area contributed by atoms with Crippen LogP contribution in [0.5, 0.6) is 5.75 Å². The van der Waals surface area contributed by atoms with E-state index in [0.717, 1.165) is 24.7 Å². The summed E-state index contributed by atoms with van der Waals surface area (Å²) in [5.41, 5.74) is 1.18. The van der Waals surface area contributed by atoms with Crippen molar-refractivity contribution < 1.29 is 9.53 Å². The Morgan fingerprint density at radius 1 is 1.48 bits per heavy atom. The highest BCUT2D eigenvalue weighted by Gasteiger charge is 2.18. The van der Waals surface area contributed by atoms with E-state index in [-0.39, 0.29) is 42.0 Å². The van der Waals surface area contributed by atoms with Gasteiger partial charge in [0, 0.05) is 25.6 Å². The molecule has 0 radical (unpaired) electrons. The lowest BCUT2D eigenvalue weighted by atomic mass is 10.1. The van der Waals surface area contributed by atoms with Gasteiger partial charge in [-0.15, -0.1) is 24.0 Å². The molecule has 0 aromatic heterocycles. The highest BCUT2D eigenvalue weighted by molar-refractivity contribution is 14.0. The maximum Gasteiger partial charge on any atom is 0.220 e. The van der Waals surface area contributed by atoms with E-state index in [9.17, 15) is 4.79 Å². The molecular weight excluding hydrogens is 431 g/mol. The summed E-state index contributed by atoms with van der Waals surface area (Å²) in [4.78, 5) is 15.8. The van der Waals surface area contributed by atoms with E-state index < -0.39 is 0 Å². The van der Waals surface area contributed by atoms with Gasteiger partial charge in [-0.1, -0.05) is 12.1 Å². The number of amides is 1. The second kappa shape index (κ2) is 11.2. The Labute approximate surface area is 167 Å². The number of nitrogens with one attached hydrogen (secondary N) is 3. The number of aryl methyl sites for hydroxylation is 1. The molecule has 1 amide bonds. The second-order valence-electron chi connectivity index (χ2n) is 6.15. The monoisotopic (exact) mass is 460 g/mol. The molecule has 1 aliphatic rings. The van der Waals surface area contributed by atoms with E-state index in [0.29, 0.717) is 19.5 Å². The van der Waals surface area contributed by atoms with Gasteiger partial charge in [-0.05, 0) is 44.9 Å². The molecule has 2 rings (SSSR count). The van der Waals surface area contributed by atoms with Gasteiger partial charge in [-0.25, -0.2) is 4.99 Å². The lowest BCUT2D eigenvalue weighted by molar-refractivity contribution is -0.122. The van der Waals surface area contributed by atoms with Gasteiger partial charge in [0.25, 0.3) is 0 Å². The lowest BCUT2D eigenvalue weighted by Gasteiger charge is -2.25. The van der Waals surface area contributed by atoms with Gasteiger partial charge in [0.05, 0.1) is 6.54 Å². The van der Waals surface area contributed by atoms with Crippen LogP contribution in [0.3, 0.4) is 0 Å². The molecule has 140 valence electrons. The number of carbonyl (C=O) groups excluding carboxylic acids is 1. The van der Waals surface area contributed by atoms with Gasteiger partial charge < -0.3 is 20.7 Å². The summed E-state index contributed by atoms with van der Waals surface area (Å²) >= 11 is 0. The van der Waals surface area contributed by atoms with Gasteiger partial charge in [0.15, 0.2) is 5.96 Å². The van der Waals surface area contributed by atoms with Crippen LogP contribution in [0, 0.1) is 6.92 Å². The van der Waals surface area contributed by atoms with E-state index in [2.05, 4.69) is 20.9 Å². The third kappa shape index (κ3) is 7.94. The van der Waals surface area contributed by atoms with Crippen LogP contribution in [0.15, 0.2) is 29.3 Å². The van der Waals surface area contributed by atoms with Crippen LogP contribution in [-0.2, 0) is 4.79 Å². The fraction of sp³-hybridized carbons (Fsp3) is 0.556. The summed E-state index contributed by atoms with van der Waals surface area (Å²) in [6, 6.07) is 8.24. The summed E-state index contributed by atoms with van der Waals surface area (Å²) in [6.45, 7) is 8.08. The molecule has 2 atom stereocenters. The number of hydrogen-bond acceptors (Lipinski definition) is 3. The van der Waals surface area contributed by atoms with Crippen LogP contribution in [0.25, 0.3) is 0 Å². The quantitative estimate of drug-likeness (QED) is 0.346. The summed E-state index contributed by atoms with van der Waals surface area (Å²) < 4.78 is 5.91. The van der Waals surface area contributed by atoms with E-state index in [4.69, 9.17) is 4.74 Å². The van der Waals surface area contributed by atoms with Crippen LogP contribution in [0.2, 0.25) is 0 Å². The number of aliphatic imine (C=N–C) groups is 1. The zero-order valence-corrected chi connectivity index (χ0v) is 17.5. The summed E-state index contributed by atoms with van der Waals surface area (Å²) in [7, 11) is 0. The molecule has 1 aromatic carbocycles. The summed E-state index contributed by atoms with van der Waals surface area (Å²) in [5.74, 6) is 1.75. The van der Waals surface area contributed by atoms with Crippen molar-refractivity contribution in [1.29, 1.82) is 0 Å². The Bertz CT molecular complexity index is 570. The first-order valence-electron chi connectivity index (χ1n) is 8.61. The number of halogens is 1. The molecule has 7 heteroatoms. The van der Waals surface area contributed by atoms with Crippen molar-refractivity contribution in [2.24, 2.45) is 4.99 Å². The number of ether oxygens (including phenoxy) is 1. The fourth-order valence-corrected chi connectivity index (χ4v) is 2.55. The first-order chi connectivity index (χ1) is 11.6. The van der Waals surface area contributed by atoms with Crippen LogP contribution in [-0.4, -0.2) is 43.6 Å². The van der Waals surface area contributed by atoms with Crippen molar-refractivity contribution in [1.82, 2.24) is 16.0 Å². The zero-order chi connectivity index (χ0) is 17.4. The molecule has 1 aliphatic heterocycles. The molecule has 1 fully saturated rings. The standard InChI is InChI=1S/C18H28N4O2.HI/c1-4-19-18(22-15-8-9-17(23)20-12-15)21-11-14(3)24-16-7-5-6-13(2)10-16;/h5-7,10,14-15H,4,8-9,11-12H2,1-3H3,(H,20,23)(H2,19,21,22);1H. The van der Waals surface area contributed by atoms with Crippen LogP contribution in [0.1, 0.15) is 32.3 Å². The average Bonchev–Trinajstić information content (AvgIpc) is 2.55. The number of rotatable bonds is 6. The SMILES string of the molecule is CCNC(=NCC(C)Oc1cccc(C)c1)NC1CCC(=O)NC1.I. The number of nitrogens with zero attached hydrogens (tertiary/aromatic N) is 1. The summed E-state index contributed by atoms with van der Waals surface area (Å²) in [6.07, 6.45) is 1.36. The molecule has 0 spiro atoms. The molecule has 25 heavy (non-hydrogen) atoms. The molecule has 1 saturated heterocycles. The van der Waals surface area contributed by atoms with E-state index >= 15 is 0 Å². The Morgan fingerprint density at radius 2 is 2.28 bits per heavy atom. The van der Waals surface area contributed by atoms with Crippen molar-refractivity contribution in [3.8, 4) is 5.75 Å². The lowest BCUT2D eigenvalue weighted by Crippen LogP contribution is -2.51. The molecule has 2 unspecified atom stereocenters. The minimum absolute atomic E-state index is 0. The van der Waals surface area contributed by atoms with Crippen LogP contribution >= 0.6 is 24.0 Å². The largest absolute Gasteiger partial charge is 0.489 e. The zero-order valence-electron chi connectivity index (χ0n) is 15.2. The second-order valence-corrected chi connectivity index (χ2v) is 6.15. The Balaban J connectivity index is 0.00000312. The molecule has 0 aliphatic carbocycles. The third-order valence-electron chi connectivity index (χ3n) is 3.78. The van der Waals surface area contributed by atoms with Gasteiger partial charge >= 0.3 is 0 Å². The minimum Gasteiger partial charge on any atom is -0.489 e. The van der Waals surface area contributed by atoms with E-state index in [1.54, 1.807) is 0 Å². The predicted molar refractivity (Wildman–Crippen MR) is 112 cm³/mol. The molecule has 1 heterocycles. The average molecular weight is 460 g/mol. The van der Waals surface area contributed by atoms with Crippen molar-refractivity contribution in [2.45, 2.75) is 45.8 Å². The third-order valence-corrected chi connectivity index (χ3v) is 3.78. The van der Waals surface area contributed by atoms with E-state index in [1.165, 1.54) is 5.56 Å². The number of carbonyl (C=O) groups is 1. The number of hydrogen-bond donors (Lipinski definition) is 3. The topological polar surface area (TPSA) is 74.8 Å². The Hall–Kier alpha value is -1.51. The van der Waals surface area contributed by atoms with Crippen molar-refractivity contribution in [2.75, 3.05) is 19.6 Å². The molecule has 3 N–H and O–H groups in total. The van der Waals surface area contributed by atoms with Gasteiger partial charge in [0.1, 0.15) is 11.9 Å². The van der Waals surface area contributed by atoms with Crippen molar-refractivity contribution in [3.05, 3.63) is 29.8 Å². The normalized spacial score (nSPS) is 18.6. The number of guanidine groups is 1. The summed E-state index contributed by atoms with van der Waals surface area (Å²) in [5, 5.41) is 9.49. The smallest absolute Gasteiger partial charge is 0.220 e. The predicted octanol–water partition coefficient (Wildman–Crippen LogP) is 2.21. The Morgan fingerprint density at radius 3 is 2.92 bits per heavy atom. The molecular formula is C18H29IN4O2. The van der Waals surface area contributed by atoms with Crippen LogP contribution in [0.4, 0.5) is 0 Å². The number of benzene rings is 1. The van der Waals surface area contributed by atoms with Crippen LogP contribution < -0.4 is 20.7 Å².